The summed E-state index contributed by atoms with van der Waals surface area (Å²) < 4.78 is 11.5. The molecule has 1 aliphatic heterocycles. The zero-order chi connectivity index (χ0) is 10.9. The summed E-state index contributed by atoms with van der Waals surface area (Å²) in [6.07, 6.45) is 5.27. The molecule has 1 saturated heterocycles. The largest absolute Gasteiger partial charge is 0.376 e. The van der Waals surface area contributed by atoms with Crippen LogP contribution in [0.2, 0.25) is 0 Å². The molecule has 1 heterocycles. The molecule has 0 aromatic rings. The first kappa shape index (κ1) is 11.7. The average Bonchev–Trinajstić information content (AvgIpc) is 2.25. The number of rotatable bonds is 3. The van der Waals surface area contributed by atoms with Crippen molar-refractivity contribution in [1.82, 2.24) is 0 Å². The molecule has 0 bridgehead atoms. The fraction of sp³-hybridized carbons (Fsp3) is 1.00. The predicted octanol–water partition coefficient (Wildman–Crippen LogP) is 2.98. The van der Waals surface area contributed by atoms with Crippen molar-refractivity contribution in [2.75, 3.05) is 13.2 Å². The maximum atomic E-state index is 6.15. The molecule has 0 aromatic heterocycles. The Morgan fingerprint density at radius 2 is 2.20 bits per heavy atom. The van der Waals surface area contributed by atoms with Crippen LogP contribution >= 0.6 is 11.6 Å². The fourth-order valence-corrected chi connectivity index (χ4v) is 2.58. The summed E-state index contributed by atoms with van der Waals surface area (Å²) >= 11 is 6.15. The first-order valence-electron chi connectivity index (χ1n) is 5.98. The van der Waals surface area contributed by atoms with Gasteiger partial charge in [0.1, 0.15) is 0 Å². The summed E-state index contributed by atoms with van der Waals surface area (Å²) in [6, 6.07) is 0. The predicted molar refractivity (Wildman–Crippen MR) is 61.4 cm³/mol. The van der Waals surface area contributed by atoms with Crippen LogP contribution < -0.4 is 0 Å². The van der Waals surface area contributed by atoms with E-state index in [2.05, 4.69) is 13.8 Å². The van der Waals surface area contributed by atoms with Gasteiger partial charge in [-0.3, -0.25) is 0 Å². The summed E-state index contributed by atoms with van der Waals surface area (Å²) in [4.78, 5) is 0. The normalized spacial score (nSPS) is 39.8. The number of hydrogen-bond acceptors (Lipinski definition) is 2. The lowest BCUT2D eigenvalue weighted by molar-refractivity contribution is -0.128. The molecule has 3 unspecified atom stereocenters. The van der Waals surface area contributed by atoms with Gasteiger partial charge in [0.25, 0.3) is 0 Å². The van der Waals surface area contributed by atoms with Crippen LogP contribution in [-0.2, 0) is 9.47 Å². The standard InChI is InChI=1S/C12H21ClO2/c1-12(2)10(13)7-11(12)15-8-9-5-3-4-6-14-9/h9-11H,3-8H2,1-2H3. The average molecular weight is 233 g/mol. The highest BCUT2D eigenvalue weighted by atomic mass is 35.5. The van der Waals surface area contributed by atoms with Crippen molar-refractivity contribution in [2.24, 2.45) is 5.41 Å². The molecule has 2 aliphatic rings. The van der Waals surface area contributed by atoms with Crippen LogP contribution in [0.1, 0.15) is 39.5 Å². The van der Waals surface area contributed by atoms with Gasteiger partial charge >= 0.3 is 0 Å². The van der Waals surface area contributed by atoms with Crippen LogP contribution in [0.3, 0.4) is 0 Å². The van der Waals surface area contributed by atoms with Crippen molar-refractivity contribution in [3.63, 3.8) is 0 Å². The van der Waals surface area contributed by atoms with Crippen LogP contribution in [0.25, 0.3) is 0 Å². The molecule has 0 spiro atoms. The molecule has 0 aromatic carbocycles. The van der Waals surface area contributed by atoms with Crippen LogP contribution in [0.5, 0.6) is 0 Å². The summed E-state index contributed by atoms with van der Waals surface area (Å²) in [6.45, 7) is 6.01. The van der Waals surface area contributed by atoms with Gasteiger partial charge in [0, 0.05) is 17.4 Å². The van der Waals surface area contributed by atoms with Gasteiger partial charge in [-0.05, 0) is 25.7 Å². The van der Waals surface area contributed by atoms with Gasteiger partial charge in [0.2, 0.25) is 0 Å². The molecule has 0 N–H and O–H groups in total. The van der Waals surface area contributed by atoms with E-state index in [1.54, 1.807) is 0 Å². The maximum absolute atomic E-state index is 6.15. The van der Waals surface area contributed by atoms with Crippen LogP contribution in [-0.4, -0.2) is 30.8 Å². The molecule has 2 fully saturated rings. The van der Waals surface area contributed by atoms with Gasteiger partial charge in [-0.15, -0.1) is 11.6 Å². The Labute approximate surface area is 97.3 Å². The van der Waals surface area contributed by atoms with E-state index in [0.29, 0.717) is 12.2 Å². The first-order valence-corrected chi connectivity index (χ1v) is 6.41. The fourth-order valence-electron chi connectivity index (χ4n) is 2.28. The molecule has 1 saturated carbocycles. The van der Waals surface area contributed by atoms with Crippen molar-refractivity contribution in [1.29, 1.82) is 0 Å². The summed E-state index contributed by atoms with van der Waals surface area (Å²) in [5.41, 5.74) is 0.135. The van der Waals surface area contributed by atoms with E-state index in [4.69, 9.17) is 21.1 Å². The van der Waals surface area contributed by atoms with Crippen molar-refractivity contribution in [2.45, 2.75) is 57.1 Å². The molecular weight excluding hydrogens is 212 g/mol. The van der Waals surface area contributed by atoms with E-state index in [-0.39, 0.29) is 10.8 Å². The van der Waals surface area contributed by atoms with E-state index < -0.39 is 0 Å². The molecule has 1 aliphatic carbocycles. The van der Waals surface area contributed by atoms with E-state index in [1.165, 1.54) is 12.8 Å². The summed E-state index contributed by atoms with van der Waals surface area (Å²) in [7, 11) is 0. The second kappa shape index (κ2) is 4.60. The highest BCUT2D eigenvalue weighted by Crippen LogP contribution is 2.46. The van der Waals surface area contributed by atoms with E-state index in [9.17, 15) is 0 Å². The van der Waals surface area contributed by atoms with E-state index in [1.807, 2.05) is 0 Å². The maximum Gasteiger partial charge on any atom is 0.0808 e. The minimum absolute atomic E-state index is 0.135. The Balaban J connectivity index is 1.70. The van der Waals surface area contributed by atoms with Gasteiger partial charge in [-0.1, -0.05) is 13.8 Å². The van der Waals surface area contributed by atoms with Gasteiger partial charge in [-0.25, -0.2) is 0 Å². The lowest BCUT2D eigenvalue weighted by Crippen LogP contribution is -2.52. The number of hydrogen-bond donors (Lipinski definition) is 0. The van der Waals surface area contributed by atoms with Gasteiger partial charge < -0.3 is 9.47 Å². The minimum Gasteiger partial charge on any atom is -0.376 e. The third kappa shape index (κ3) is 2.48. The molecule has 3 heteroatoms. The number of halogens is 1. The van der Waals surface area contributed by atoms with Crippen LogP contribution in [0.4, 0.5) is 0 Å². The van der Waals surface area contributed by atoms with E-state index >= 15 is 0 Å². The number of ether oxygens (including phenoxy) is 2. The lowest BCUT2D eigenvalue weighted by Gasteiger charge is -2.48. The summed E-state index contributed by atoms with van der Waals surface area (Å²) in [5.74, 6) is 0. The molecule has 0 radical (unpaired) electrons. The zero-order valence-corrected chi connectivity index (χ0v) is 10.4. The second-order valence-electron chi connectivity index (χ2n) is 5.34. The Morgan fingerprint density at radius 3 is 2.73 bits per heavy atom. The van der Waals surface area contributed by atoms with Gasteiger partial charge in [0.05, 0.1) is 18.8 Å². The SMILES string of the molecule is CC1(C)C(Cl)CC1OCC1CCCCO1. The van der Waals surface area contributed by atoms with Crippen LogP contribution in [0, 0.1) is 5.41 Å². The molecule has 88 valence electrons. The Bertz CT molecular complexity index is 212. The highest BCUT2D eigenvalue weighted by molar-refractivity contribution is 6.21. The van der Waals surface area contributed by atoms with Crippen LogP contribution in [0.15, 0.2) is 0 Å². The third-order valence-electron chi connectivity index (χ3n) is 3.82. The minimum atomic E-state index is 0.135. The first-order chi connectivity index (χ1) is 7.10. The molecule has 2 nitrogen and oxygen atoms in total. The zero-order valence-electron chi connectivity index (χ0n) is 9.67. The second-order valence-corrected chi connectivity index (χ2v) is 5.86. The summed E-state index contributed by atoms with van der Waals surface area (Å²) in [5, 5.41) is 0.273. The molecular formula is C12H21ClO2. The Hall–Kier alpha value is 0.210. The molecule has 15 heavy (non-hydrogen) atoms. The lowest BCUT2D eigenvalue weighted by atomic mass is 9.68. The van der Waals surface area contributed by atoms with Crippen molar-refractivity contribution >= 4 is 11.6 Å². The third-order valence-corrected chi connectivity index (χ3v) is 4.56. The highest BCUT2D eigenvalue weighted by Gasteiger charge is 2.48. The quantitative estimate of drug-likeness (QED) is 0.697. The van der Waals surface area contributed by atoms with Crippen molar-refractivity contribution in [3.05, 3.63) is 0 Å². The van der Waals surface area contributed by atoms with E-state index in [0.717, 1.165) is 26.1 Å². The van der Waals surface area contributed by atoms with Crippen molar-refractivity contribution < 1.29 is 9.47 Å². The number of alkyl halides is 1. The van der Waals surface area contributed by atoms with Crippen molar-refractivity contribution in [3.8, 4) is 0 Å². The van der Waals surface area contributed by atoms with Gasteiger partial charge in [-0.2, -0.15) is 0 Å². The Morgan fingerprint density at radius 1 is 1.40 bits per heavy atom. The Kier molecular flexibility index (Phi) is 3.59. The smallest absolute Gasteiger partial charge is 0.0808 e. The molecule has 3 atom stereocenters. The molecule has 2 rings (SSSR count). The van der Waals surface area contributed by atoms with Gasteiger partial charge in [0.15, 0.2) is 0 Å². The monoisotopic (exact) mass is 232 g/mol. The molecule has 0 amide bonds. The topological polar surface area (TPSA) is 18.5 Å².